The van der Waals surface area contributed by atoms with Crippen LogP contribution in [0, 0.1) is 16.0 Å². The largest absolute Gasteiger partial charge is 0.356 e. The van der Waals surface area contributed by atoms with Crippen molar-refractivity contribution in [3.8, 4) is 0 Å². The lowest BCUT2D eigenvalue weighted by molar-refractivity contribution is -0.384. The second-order valence-electron chi connectivity index (χ2n) is 5.59. The Hall–Kier alpha value is -2.48. The molecule has 0 heterocycles. The summed E-state index contributed by atoms with van der Waals surface area (Å²) >= 11 is 5.75. The Kier molecular flexibility index (Phi) is 7.31. The molecule has 1 aromatic rings. The lowest BCUT2D eigenvalue weighted by atomic mass is 10.2. The molecule has 0 radical (unpaired) electrons. The Balaban J connectivity index is 2.62. The number of amides is 2. The van der Waals surface area contributed by atoms with Gasteiger partial charge in [-0.05, 0) is 25.0 Å². The van der Waals surface area contributed by atoms with E-state index in [0.717, 1.165) is 6.07 Å². The molecule has 0 aliphatic rings. The van der Waals surface area contributed by atoms with Crippen molar-refractivity contribution in [3.63, 3.8) is 0 Å². The summed E-state index contributed by atoms with van der Waals surface area (Å²) in [6, 6.07) is 3.61. The maximum Gasteiger partial charge on any atom is 0.287 e. The maximum absolute atomic E-state index is 11.9. The van der Waals surface area contributed by atoms with Crippen molar-refractivity contribution in [1.82, 2.24) is 10.7 Å². The molecule has 2 amide bonds. The second kappa shape index (κ2) is 8.97. The van der Waals surface area contributed by atoms with Gasteiger partial charge in [-0.2, -0.15) is 5.10 Å². The quantitative estimate of drug-likeness (QED) is 0.444. The van der Waals surface area contributed by atoms with Crippen molar-refractivity contribution in [1.29, 1.82) is 0 Å². The highest BCUT2D eigenvalue weighted by atomic mass is 35.5. The van der Waals surface area contributed by atoms with Crippen molar-refractivity contribution >= 4 is 34.8 Å². The maximum atomic E-state index is 11.9. The summed E-state index contributed by atoms with van der Waals surface area (Å²) in [6.07, 6.45) is 0.0635. The third-order valence-electron chi connectivity index (χ3n) is 2.88. The molecule has 2 N–H and O–H groups in total. The first-order valence-electron chi connectivity index (χ1n) is 7.24. The molecule has 0 fully saturated rings. The van der Waals surface area contributed by atoms with Crippen molar-refractivity contribution in [2.75, 3.05) is 6.54 Å². The van der Waals surface area contributed by atoms with Gasteiger partial charge in [-0.1, -0.05) is 25.4 Å². The minimum Gasteiger partial charge on any atom is -0.356 e. The van der Waals surface area contributed by atoms with Crippen molar-refractivity contribution in [2.45, 2.75) is 27.2 Å². The molecule has 0 spiro atoms. The third kappa shape index (κ3) is 6.33. The molecule has 0 atom stereocenters. The van der Waals surface area contributed by atoms with Gasteiger partial charge in [0, 0.05) is 23.9 Å². The zero-order valence-electron chi connectivity index (χ0n) is 13.6. The van der Waals surface area contributed by atoms with Gasteiger partial charge in [-0.25, -0.2) is 5.43 Å². The Labute approximate surface area is 144 Å². The first-order chi connectivity index (χ1) is 11.2. The van der Waals surface area contributed by atoms with Gasteiger partial charge < -0.3 is 5.32 Å². The Morgan fingerprint density at radius 2 is 2.04 bits per heavy atom. The van der Waals surface area contributed by atoms with Gasteiger partial charge in [0.25, 0.3) is 11.6 Å². The number of carbonyl (C=O) groups is 2. The lowest BCUT2D eigenvalue weighted by Crippen LogP contribution is -2.29. The van der Waals surface area contributed by atoms with Crippen molar-refractivity contribution in [2.24, 2.45) is 11.0 Å². The average Bonchev–Trinajstić information content (AvgIpc) is 2.50. The second-order valence-corrected chi connectivity index (χ2v) is 5.99. The number of nitrogens with one attached hydrogen (secondary N) is 2. The van der Waals surface area contributed by atoms with Gasteiger partial charge in [0.05, 0.1) is 11.3 Å². The van der Waals surface area contributed by atoms with Gasteiger partial charge in [-0.3, -0.25) is 19.7 Å². The molecule has 0 saturated carbocycles. The SMILES string of the molecule is C/C(CC(=O)NCC(C)C)=N/NC(=O)c1ccc([N+](=O)[O-])c(Cl)c1. The number of hydrazone groups is 1. The highest BCUT2D eigenvalue weighted by molar-refractivity contribution is 6.33. The molecule has 1 aromatic carbocycles. The van der Waals surface area contributed by atoms with E-state index in [2.05, 4.69) is 15.8 Å². The summed E-state index contributed by atoms with van der Waals surface area (Å²) in [4.78, 5) is 33.6. The van der Waals surface area contributed by atoms with Gasteiger partial charge in [0.1, 0.15) is 5.02 Å². The van der Waals surface area contributed by atoms with Crippen LogP contribution < -0.4 is 10.7 Å². The van der Waals surface area contributed by atoms with Crippen LogP contribution >= 0.6 is 11.6 Å². The van der Waals surface area contributed by atoms with Gasteiger partial charge in [0.15, 0.2) is 0 Å². The van der Waals surface area contributed by atoms with E-state index >= 15 is 0 Å². The van der Waals surface area contributed by atoms with E-state index in [9.17, 15) is 19.7 Å². The number of nitrogens with zero attached hydrogens (tertiary/aromatic N) is 2. The van der Waals surface area contributed by atoms with Crippen molar-refractivity contribution < 1.29 is 14.5 Å². The molecule has 0 bridgehead atoms. The molecule has 8 nitrogen and oxygen atoms in total. The van der Waals surface area contributed by atoms with Crippen LogP contribution in [-0.4, -0.2) is 29.0 Å². The van der Waals surface area contributed by atoms with E-state index < -0.39 is 10.8 Å². The minimum atomic E-state index is -0.637. The van der Waals surface area contributed by atoms with E-state index in [1.54, 1.807) is 6.92 Å². The number of nitro benzene ring substituents is 1. The van der Waals surface area contributed by atoms with Crippen molar-refractivity contribution in [3.05, 3.63) is 38.9 Å². The summed E-state index contributed by atoms with van der Waals surface area (Å²) in [5.74, 6) is -0.413. The minimum absolute atomic E-state index is 0.0635. The predicted molar refractivity (Wildman–Crippen MR) is 91.1 cm³/mol. The Morgan fingerprint density at radius 1 is 1.38 bits per heavy atom. The average molecular weight is 355 g/mol. The molecule has 0 aromatic heterocycles. The van der Waals surface area contributed by atoms with Crippen LogP contribution in [0.5, 0.6) is 0 Å². The number of hydrogen-bond acceptors (Lipinski definition) is 5. The summed E-state index contributed by atoms with van der Waals surface area (Å²) in [5.41, 5.74) is 2.56. The van der Waals surface area contributed by atoms with Gasteiger partial charge in [0.2, 0.25) is 5.91 Å². The highest BCUT2D eigenvalue weighted by Gasteiger charge is 2.15. The molecule has 24 heavy (non-hydrogen) atoms. The molecular weight excluding hydrogens is 336 g/mol. The van der Waals surface area contributed by atoms with E-state index in [1.165, 1.54) is 12.1 Å². The summed E-state index contributed by atoms with van der Waals surface area (Å²) < 4.78 is 0. The first-order valence-corrected chi connectivity index (χ1v) is 7.62. The number of hydrogen-bond donors (Lipinski definition) is 2. The molecule has 1 rings (SSSR count). The smallest absolute Gasteiger partial charge is 0.287 e. The van der Waals surface area contributed by atoms with E-state index in [1.807, 2.05) is 13.8 Å². The number of halogens is 1. The van der Waals surface area contributed by atoms with Crippen LogP contribution in [0.2, 0.25) is 5.02 Å². The predicted octanol–water partition coefficient (Wildman–Crippen LogP) is 2.52. The molecule has 0 saturated heterocycles. The Bertz CT molecular complexity index is 673. The van der Waals surface area contributed by atoms with Crippen LogP contribution in [0.4, 0.5) is 5.69 Å². The number of benzene rings is 1. The molecule has 0 unspecified atom stereocenters. The number of nitro groups is 1. The topological polar surface area (TPSA) is 114 Å². The van der Waals surface area contributed by atoms with Crippen LogP contribution in [0.1, 0.15) is 37.6 Å². The summed E-state index contributed by atoms with van der Waals surface area (Å²) in [7, 11) is 0. The summed E-state index contributed by atoms with van der Waals surface area (Å²) in [6.45, 7) is 6.14. The van der Waals surface area contributed by atoms with Crippen LogP contribution in [-0.2, 0) is 4.79 Å². The van der Waals surface area contributed by atoms with E-state index in [-0.39, 0.29) is 28.6 Å². The standard InChI is InChI=1S/C15H19ClN4O4/c1-9(2)8-17-14(21)6-10(3)18-19-15(22)11-4-5-13(20(23)24)12(16)7-11/h4-5,7,9H,6,8H2,1-3H3,(H,17,21)(H,19,22)/b18-10-. The fourth-order valence-electron chi connectivity index (χ4n) is 1.66. The highest BCUT2D eigenvalue weighted by Crippen LogP contribution is 2.24. The fraction of sp³-hybridized carbons (Fsp3) is 0.400. The molecular formula is C15H19ClN4O4. The normalized spacial score (nSPS) is 11.3. The zero-order valence-corrected chi connectivity index (χ0v) is 14.4. The zero-order chi connectivity index (χ0) is 18.3. The van der Waals surface area contributed by atoms with Gasteiger partial charge in [-0.15, -0.1) is 0 Å². The van der Waals surface area contributed by atoms with Crippen LogP contribution in [0.3, 0.4) is 0 Å². The number of rotatable bonds is 7. The monoisotopic (exact) mass is 354 g/mol. The fourth-order valence-corrected chi connectivity index (χ4v) is 1.91. The van der Waals surface area contributed by atoms with Gasteiger partial charge >= 0.3 is 0 Å². The van der Waals surface area contributed by atoms with Crippen LogP contribution in [0.15, 0.2) is 23.3 Å². The third-order valence-corrected chi connectivity index (χ3v) is 3.18. The number of carbonyl (C=O) groups excluding carboxylic acids is 2. The first kappa shape index (κ1) is 19.6. The molecule has 0 aliphatic heterocycles. The lowest BCUT2D eigenvalue weighted by Gasteiger charge is -2.07. The Morgan fingerprint density at radius 3 is 2.58 bits per heavy atom. The van der Waals surface area contributed by atoms with Crippen LogP contribution in [0.25, 0.3) is 0 Å². The molecule has 9 heteroatoms. The summed E-state index contributed by atoms with van der Waals surface area (Å²) in [5, 5.41) is 17.1. The van der Waals surface area contributed by atoms with E-state index in [0.29, 0.717) is 18.2 Å². The van der Waals surface area contributed by atoms with E-state index in [4.69, 9.17) is 11.6 Å². The molecule has 0 aliphatic carbocycles. The molecule has 130 valence electrons.